The monoisotopic (exact) mass is 286 g/mol. The van der Waals surface area contributed by atoms with Crippen LogP contribution in [-0.2, 0) is 0 Å². The average molecular weight is 287 g/mol. The highest BCUT2D eigenvalue weighted by atomic mass is 35.5. The van der Waals surface area contributed by atoms with E-state index in [0.29, 0.717) is 21.2 Å². The Morgan fingerprint density at radius 2 is 1.63 bits per heavy atom. The lowest BCUT2D eigenvalue weighted by Crippen LogP contribution is -2.01. The normalized spacial score (nSPS) is 11.4. The molecule has 0 N–H and O–H groups in total. The second kappa shape index (κ2) is 5.76. The van der Waals surface area contributed by atoms with Crippen LogP contribution in [0.15, 0.2) is 42.5 Å². The second-order valence-electron chi connectivity index (χ2n) is 3.93. The topological polar surface area (TPSA) is 47.6 Å². The Kier molecular flexibility index (Phi) is 4.07. The molecule has 2 aromatic rings. The smallest absolute Gasteiger partial charge is 0.101 e. The Morgan fingerprint density at radius 1 is 0.947 bits per heavy atom. The lowest BCUT2D eigenvalue weighted by atomic mass is 9.89. The SMILES string of the molecule is N#Cc1c(Cl)cccc1[C@H](C#N)c1ccc(Cl)cc1. The predicted octanol–water partition coefficient (Wildman–Crippen LogP) is 4.52. The number of hydrogen-bond acceptors (Lipinski definition) is 2. The minimum atomic E-state index is -0.536. The molecule has 0 saturated heterocycles. The van der Waals surface area contributed by atoms with Crippen molar-refractivity contribution in [1.29, 1.82) is 10.5 Å². The third-order valence-electron chi connectivity index (χ3n) is 2.80. The number of hydrogen-bond donors (Lipinski definition) is 0. The molecule has 0 amide bonds. The van der Waals surface area contributed by atoms with Crippen molar-refractivity contribution in [3.8, 4) is 12.1 Å². The van der Waals surface area contributed by atoms with Crippen LogP contribution in [0.4, 0.5) is 0 Å². The van der Waals surface area contributed by atoms with Gasteiger partial charge in [-0.25, -0.2) is 0 Å². The largest absolute Gasteiger partial charge is 0.197 e. The lowest BCUT2D eigenvalue weighted by molar-refractivity contribution is 1.03. The van der Waals surface area contributed by atoms with E-state index in [0.717, 1.165) is 5.56 Å². The van der Waals surface area contributed by atoms with Crippen molar-refractivity contribution in [3.05, 3.63) is 69.2 Å². The summed E-state index contributed by atoms with van der Waals surface area (Å²) >= 11 is 11.8. The van der Waals surface area contributed by atoms with Gasteiger partial charge in [0.1, 0.15) is 6.07 Å². The van der Waals surface area contributed by atoms with Gasteiger partial charge in [0.25, 0.3) is 0 Å². The van der Waals surface area contributed by atoms with E-state index in [9.17, 15) is 5.26 Å². The molecule has 0 saturated carbocycles. The van der Waals surface area contributed by atoms with Crippen LogP contribution in [-0.4, -0.2) is 0 Å². The van der Waals surface area contributed by atoms with Crippen molar-refractivity contribution in [2.24, 2.45) is 0 Å². The summed E-state index contributed by atoms with van der Waals surface area (Å²) in [6, 6.07) is 16.4. The van der Waals surface area contributed by atoms with Crippen molar-refractivity contribution < 1.29 is 0 Å². The summed E-state index contributed by atoms with van der Waals surface area (Å²) in [4.78, 5) is 0. The number of nitrogens with zero attached hydrogens (tertiary/aromatic N) is 2. The van der Waals surface area contributed by atoms with Crippen LogP contribution in [0.25, 0.3) is 0 Å². The van der Waals surface area contributed by atoms with Crippen LogP contribution in [0.1, 0.15) is 22.6 Å². The fourth-order valence-electron chi connectivity index (χ4n) is 1.88. The van der Waals surface area contributed by atoms with E-state index in [2.05, 4.69) is 12.1 Å². The molecule has 0 unspecified atom stereocenters. The predicted molar refractivity (Wildman–Crippen MR) is 75.1 cm³/mol. The van der Waals surface area contributed by atoms with Gasteiger partial charge in [-0.1, -0.05) is 47.5 Å². The van der Waals surface area contributed by atoms with Crippen LogP contribution in [0.2, 0.25) is 10.0 Å². The van der Waals surface area contributed by atoms with Gasteiger partial charge in [-0.3, -0.25) is 0 Å². The van der Waals surface area contributed by atoms with Gasteiger partial charge in [0.2, 0.25) is 0 Å². The maximum atomic E-state index is 9.38. The van der Waals surface area contributed by atoms with Crippen molar-refractivity contribution >= 4 is 23.2 Å². The number of nitriles is 2. The van der Waals surface area contributed by atoms with Gasteiger partial charge < -0.3 is 0 Å². The molecule has 19 heavy (non-hydrogen) atoms. The van der Waals surface area contributed by atoms with E-state index in [1.165, 1.54) is 0 Å². The van der Waals surface area contributed by atoms with Gasteiger partial charge in [0.15, 0.2) is 0 Å². The standard InChI is InChI=1S/C15H8Cl2N2/c16-11-6-4-10(5-7-11)13(8-18)12-2-1-3-15(17)14(12)9-19/h1-7,13H/t13-/m1/s1. The fraction of sp³-hybridized carbons (Fsp3) is 0.0667. The highest BCUT2D eigenvalue weighted by Gasteiger charge is 2.18. The van der Waals surface area contributed by atoms with E-state index in [-0.39, 0.29) is 0 Å². The average Bonchev–Trinajstić information content (AvgIpc) is 2.42. The van der Waals surface area contributed by atoms with Crippen LogP contribution in [0.5, 0.6) is 0 Å². The van der Waals surface area contributed by atoms with E-state index in [1.807, 2.05) is 0 Å². The number of benzene rings is 2. The molecule has 2 rings (SSSR count). The van der Waals surface area contributed by atoms with E-state index >= 15 is 0 Å². The molecular formula is C15H8Cl2N2. The first-order chi connectivity index (χ1) is 9.17. The molecule has 1 atom stereocenters. The van der Waals surface area contributed by atoms with Crippen LogP contribution in [0.3, 0.4) is 0 Å². The molecule has 0 aliphatic heterocycles. The first-order valence-corrected chi connectivity index (χ1v) is 6.26. The Labute approximate surface area is 121 Å². The zero-order chi connectivity index (χ0) is 13.8. The Hall–Kier alpha value is -2.00. The highest BCUT2D eigenvalue weighted by molar-refractivity contribution is 6.31. The molecule has 92 valence electrons. The first-order valence-electron chi connectivity index (χ1n) is 5.51. The van der Waals surface area contributed by atoms with Crippen molar-refractivity contribution in [2.75, 3.05) is 0 Å². The Morgan fingerprint density at radius 3 is 2.21 bits per heavy atom. The maximum Gasteiger partial charge on any atom is 0.101 e. The Balaban J connectivity index is 2.56. The molecule has 0 radical (unpaired) electrons. The Bertz CT molecular complexity index is 679. The molecule has 2 nitrogen and oxygen atoms in total. The summed E-state index contributed by atoms with van der Waals surface area (Å²) in [6.07, 6.45) is 0. The van der Waals surface area contributed by atoms with Gasteiger partial charge in [0, 0.05) is 5.02 Å². The third kappa shape index (κ3) is 2.71. The van der Waals surface area contributed by atoms with Crippen molar-refractivity contribution in [2.45, 2.75) is 5.92 Å². The summed E-state index contributed by atoms with van der Waals surface area (Å²) < 4.78 is 0. The molecule has 2 aromatic carbocycles. The fourth-order valence-corrected chi connectivity index (χ4v) is 2.23. The van der Waals surface area contributed by atoms with Crippen molar-refractivity contribution in [3.63, 3.8) is 0 Å². The quantitative estimate of drug-likeness (QED) is 0.815. The summed E-state index contributed by atoms with van der Waals surface area (Å²) in [5.41, 5.74) is 1.73. The van der Waals surface area contributed by atoms with E-state index in [4.69, 9.17) is 28.5 Å². The summed E-state index contributed by atoms with van der Waals surface area (Å²) in [5, 5.41) is 19.5. The molecular weight excluding hydrogens is 279 g/mol. The van der Waals surface area contributed by atoms with Crippen LogP contribution >= 0.6 is 23.2 Å². The summed E-state index contributed by atoms with van der Waals surface area (Å²) in [5.74, 6) is -0.536. The number of halogens is 2. The minimum absolute atomic E-state index is 0.339. The molecule has 0 aliphatic carbocycles. The first kappa shape index (κ1) is 13.4. The van der Waals surface area contributed by atoms with Crippen LogP contribution in [0, 0.1) is 22.7 Å². The van der Waals surface area contributed by atoms with Crippen LogP contribution < -0.4 is 0 Å². The van der Waals surface area contributed by atoms with Gasteiger partial charge in [-0.2, -0.15) is 10.5 Å². The van der Waals surface area contributed by atoms with Gasteiger partial charge in [-0.05, 0) is 29.3 Å². The minimum Gasteiger partial charge on any atom is -0.197 e. The van der Waals surface area contributed by atoms with Gasteiger partial charge in [-0.15, -0.1) is 0 Å². The molecule has 0 bridgehead atoms. The molecule has 0 fully saturated rings. The van der Waals surface area contributed by atoms with Gasteiger partial charge >= 0.3 is 0 Å². The molecule has 0 spiro atoms. The third-order valence-corrected chi connectivity index (χ3v) is 3.37. The zero-order valence-electron chi connectivity index (χ0n) is 9.77. The molecule has 0 aliphatic rings. The summed E-state index contributed by atoms with van der Waals surface area (Å²) in [6.45, 7) is 0. The maximum absolute atomic E-state index is 9.38. The van der Waals surface area contributed by atoms with Crippen molar-refractivity contribution in [1.82, 2.24) is 0 Å². The molecule has 0 heterocycles. The molecule has 0 aromatic heterocycles. The van der Waals surface area contributed by atoms with E-state index in [1.54, 1.807) is 42.5 Å². The zero-order valence-corrected chi connectivity index (χ0v) is 11.3. The number of rotatable bonds is 2. The second-order valence-corrected chi connectivity index (χ2v) is 4.77. The lowest BCUT2D eigenvalue weighted by Gasteiger charge is -2.12. The summed E-state index contributed by atoms with van der Waals surface area (Å²) in [7, 11) is 0. The highest BCUT2D eigenvalue weighted by Crippen LogP contribution is 2.30. The van der Waals surface area contributed by atoms with Gasteiger partial charge in [0.05, 0.1) is 22.6 Å². The van der Waals surface area contributed by atoms with E-state index < -0.39 is 5.92 Å². The molecule has 4 heteroatoms.